The molecule has 3 heteroatoms. The second kappa shape index (κ2) is 7.77. The molecule has 3 nitrogen and oxygen atoms in total. The summed E-state index contributed by atoms with van der Waals surface area (Å²) in [6.07, 6.45) is 3.77. The van der Waals surface area contributed by atoms with Crippen LogP contribution in [0.15, 0.2) is 24.3 Å². The number of amides is 1. The molecule has 2 rings (SSSR count). The van der Waals surface area contributed by atoms with Gasteiger partial charge in [0.1, 0.15) is 6.61 Å². The minimum absolute atomic E-state index is 0.0602. The number of nitrogens with one attached hydrogen (secondary N) is 1. The lowest BCUT2D eigenvalue weighted by Gasteiger charge is -2.37. The summed E-state index contributed by atoms with van der Waals surface area (Å²) in [5.74, 6) is 1.81. The fraction of sp³-hybridized carbons (Fsp3) is 0.632. The van der Waals surface area contributed by atoms with E-state index < -0.39 is 0 Å². The van der Waals surface area contributed by atoms with Crippen LogP contribution in [0.25, 0.3) is 0 Å². The second-order valence-electron chi connectivity index (χ2n) is 7.04. The lowest BCUT2D eigenvalue weighted by molar-refractivity contribution is -0.126. The molecule has 3 atom stereocenters. The average molecular weight is 303 g/mol. The maximum Gasteiger partial charge on any atom is 0.250 e. The predicted molar refractivity (Wildman–Crippen MR) is 90.9 cm³/mol. The van der Waals surface area contributed by atoms with E-state index in [0.29, 0.717) is 17.8 Å². The third-order valence-electron chi connectivity index (χ3n) is 4.81. The SMILES string of the molecule is Cc1ccccc1NC(=O)CO[C@@H]1C[C@@H](C)CC[C@H]1C(C)C. The van der Waals surface area contributed by atoms with Crippen molar-refractivity contribution in [1.29, 1.82) is 0 Å². The average Bonchev–Trinajstić information content (AvgIpc) is 2.47. The lowest BCUT2D eigenvalue weighted by Crippen LogP contribution is -2.36. The molecule has 1 aromatic rings. The van der Waals surface area contributed by atoms with E-state index in [0.717, 1.165) is 17.7 Å². The fourth-order valence-electron chi connectivity index (χ4n) is 3.39. The number of para-hydroxylation sites is 1. The number of aryl methyl sites for hydroxylation is 1. The standard InChI is InChI=1S/C19H29NO2/c1-13(2)16-10-9-14(3)11-18(16)22-12-19(21)20-17-8-6-5-7-15(17)4/h5-8,13-14,16,18H,9-12H2,1-4H3,(H,20,21)/t14-,16-,18+/m0/s1. The summed E-state index contributed by atoms with van der Waals surface area (Å²) >= 11 is 0. The van der Waals surface area contributed by atoms with Gasteiger partial charge in [0.2, 0.25) is 5.91 Å². The van der Waals surface area contributed by atoms with Crippen molar-refractivity contribution in [1.82, 2.24) is 0 Å². The van der Waals surface area contributed by atoms with E-state index in [2.05, 4.69) is 26.1 Å². The highest BCUT2D eigenvalue weighted by Gasteiger charge is 2.31. The number of carbonyl (C=O) groups excluding carboxylic acids is 1. The highest BCUT2D eigenvalue weighted by Crippen LogP contribution is 2.35. The molecule has 122 valence electrons. The van der Waals surface area contributed by atoms with Crippen LogP contribution < -0.4 is 5.32 Å². The smallest absolute Gasteiger partial charge is 0.250 e. The number of hydrogen-bond donors (Lipinski definition) is 1. The van der Waals surface area contributed by atoms with E-state index in [-0.39, 0.29) is 18.6 Å². The van der Waals surface area contributed by atoms with Crippen LogP contribution in [0.2, 0.25) is 0 Å². The molecule has 0 spiro atoms. The van der Waals surface area contributed by atoms with E-state index in [1.807, 2.05) is 31.2 Å². The number of benzene rings is 1. The van der Waals surface area contributed by atoms with E-state index in [9.17, 15) is 4.79 Å². The summed E-state index contributed by atoms with van der Waals surface area (Å²) in [5.41, 5.74) is 1.94. The molecular formula is C19H29NO2. The monoisotopic (exact) mass is 303 g/mol. The highest BCUT2D eigenvalue weighted by molar-refractivity contribution is 5.92. The second-order valence-corrected chi connectivity index (χ2v) is 7.04. The summed E-state index contributed by atoms with van der Waals surface area (Å²) in [7, 11) is 0. The zero-order chi connectivity index (χ0) is 16.1. The zero-order valence-corrected chi connectivity index (χ0v) is 14.3. The van der Waals surface area contributed by atoms with Crippen molar-refractivity contribution in [3.8, 4) is 0 Å². The Kier molecular flexibility index (Phi) is 6.01. The minimum atomic E-state index is -0.0602. The summed E-state index contributed by atoms with van der Waals surface area (Å²) in [4.78, 5) is 12.1. The van der Waals surface area contributed by atoms with E-state index in [1.54, 1.807) is 0 Å². The number of carbonyl (C=O) groups is 1. The Morgan fingerprint density at radius 1 is 1.32 bits per heavy atom. The quantitative estimate of drug-likeness (QED) is 0.875. The summed E-state index contributed by atoms with van der Waals surface area (Å²) in [6.45, 7) is 8.93. The molecule has 1 aromatic carbocycles. The van der Waals surface area contributed by atoms with Crippen molar-refractivity contribution in [2.45, 2.75) is 53.1 Å². The van der Waals surface area contributed by atoms with Crippen molar-refractivity contribution in [2.24, 2.45) is 17.8 Å². The van der Waals surface area contributed by atoms with Crippen LogP contribution in [0, 0.1) is 24.7 Å². The number of anilines is 1. The maximum atomic E-state index is 12.1. The Morgan fingerprint density at radius 3 is 2.73 bits per heavy atom. The maximum absolute atomic E-state index is 12.1. The summed E-state index contributed by atoms with van der Waals surface area (Å²) in [6, 6.07) is 7.82. The van der Waals surface area contributed by atoms with Gasteiger partial charge in [-0.05, 0) is 49.1 Å². The van der Waals surface area contributed by atoms with Gasteiger partial charge in [-0.3, -0.25) is 4.79 Å². The van der Waals surface area contributed by atoms with Crippen molar-refractivity contribution in [3.05, 3.63) is 29.8 Å². The Hall–Kier alpha value is -1.35. The van der Waals surface area contributed by atoms with Crippen molar-refractivity contribution >= 4 is 11.6 Å². The molecule has 0 aliphatic heterocycles. The van der Waals surface area contributed by atoms with Gasteiger partial charge in [0.25, 0.3) is 0 Å². The summed E-state index contributed by atoms with van der Waals surface area (Å²) < 4.78 is 5.99. The predicted octanol–water partition coefficient (Wildman–Crippen LogP) is 4.41. The lowest BCUT2D eigenvalue weighted by atomic mass is 9.75. The number of rotatable bonds is 5. The molecule has 1 saturated carbocycles. The third kappa shape index (κ3) is 4.57. The first-order chi connectivity index (χ1) is 10.5. The largest absolute Gasteiger partial charge is 0.368 e. The molecule has 0 unspecified atom stereocenters. The Balaban J connectivity index is 1.87. The van der Waals surface area contributed by atoms with Crippen LogP contribution >= 0.6 is 0 Å². The Labute approximate surface area is 134 Å². The van der Waals surface area contributed by atoms with Gasteiger partial charge >= 0.3 is 0 Å². The highest BCUT2D eigenvalue weighted by atomic mass is 16.5. The van der Waals surface area contributed by atoms with E-state index in [4.69, 9.17) is 4.74 Å². The molecule has 1 N–H and O–H groups in total. The molecule has 1 aliphatic carbocycles. The molecule has 0 heterocycles. The van der Waals surface area contributed by atoms with Gasteiger partial charge in [-0.25, -0.2) is 0 Å². The number of hydrogen-bond acceptors (Lipinski definition) is 2. The van der Waals surface area contributed by atoms with Crippen molar-refractivity contribution in [3.63, 3.8) is 0 Å². The topological polar surface area (TPSA) is 38.3 Å². The van der Waals surface area contributed by atoms with Gasteiger partial charge in [0, 0.05) is 5.69 Å². The molecule has 22 heavy (non-hydrogen) atoms. The zero-order valence-electron chi connectivity index (χ0n) is 14.3. The van der Waals surface area contributed by atoms with Gasteiger partial charge in [0.15, 0.2) is 0 Å². The molecule has 0 saturated heterocycles. The Bertz CT molecular complexity index is 498. The third-order valence-corrected chi connectivity index (χ3v) is 4.81. The minimum Gasteiger partial charge on any atom is -0.368 e. The molecular weight excluding hydrogens is 274 g/mol. The van der Waals surface area contributed by atoms with Crippen LogP contribution in [-0.2, 0) is 9.53 Å². The van der Waals surface area contributed by atoms with Crippen LogP contribution in [0.1, 0.15) is 45.6 Å². The first-order valence-corrected chi connectivity index (χ1v) is 8.44. The van der Waals surface area contributed by atoms with Crippen molar-refractivity contribution < 1.29 is 9.53 Å². The van der Waals surface area contributed by atoms with Crippen LogP contribution in [0.5, 0.6) is 0 Å². The molecule has 1 aliphatic rings. The van der Waals surface area contributed by atoms with E-state index in [1.165, 1.54) is 12.8 Å². The van der Waals surface area contributed by atoms with Crippen LogP contribution in [0.3, 0.4) is 0 Å². The van der Waals surface area contributed by atoms with Gasteiger partial charge in [-0.1, -0.05) is 45.4 Å². The number of ether oxygens (including phenoxy) is 1. The van der Waals surface area contributed by atoms with Gasteiger partial charge < -0.3 is 10.1 Å². The van der Waals surface area contributed by atoms with Crippen molar-refractivity contribution in [2.75, 3.05) is 11.9 Å². The fourth-order valence-corrected chi connectivity index (χ4v) is 3.39. The molecule has 1 fully saturated rings. The van der Waals surface area contributed by atoms with E-state index >= 15 is 0 Å². The normalized spacial score (nSPS) is 25.2. The molecule has 1 amide bonds. The molecule has 0 aromatic heterocycles. The van der Waals surface area contributed by atoms with Crippen LogP contribution in [-0.4, -0.2) is 18.6 Å². The van der Waals surface area contributed by atoms with Gasteiger partial charge in [-0.15, -0.1) is 0 Å². The molecule has 0 radical (unpaired) electrons. The molecule has 0 bridgehead atoms. The Morgan fingerprint density at radius 2 is 2.05 bits per heavy atom. The van der Waals surface area contributed by atoms with Gasteiger partial charge in [-0.2, -0.15) is 0 Å². The first-order valence-electron chi connectivity index (χ1n) is 8.44. The van der Waals surface area contributed by atoms with Crippen LogP contribution in [0.4, 0.5) is 5.69 Å². The van der Waals surface area contributed by atoms with Gasteiger partial charge in [0.05, 0.1) is 6.10 Å². The summed E-state index contributed by atoms with van der Waals surface area (Å²) in [5, 5.41) is 2.94. The first kappa shape index (κ1) is 17.0.